The highest BCUT2D eigenvalue weighted by atomic mass is 32.2. The van der Waals surface area contributed by atoms with E-state index in [1.54, 1.807) is 58.8 Å². The van der Waals surface area contributed by atoms with Gasteiger partial charge in [0.25, 0.3) is 0 Å². The van der Waals surface area contributed by atoms with E-state index in [0.717, 1.165) is 25.4 Å². The third kappa shape index (κ3) is 41.3. The predicted molar refractivity (Wildman–Crippen MR) is 206 cm³/mol. The monoisotopic (exact) mass is 846 g/mol. The Balaban J connectivity index is 3.27. The molecule has 0 aliphatic heterocycles. The number of alkyl carbamates (subject to hydrolysis) is 2. The number of aliphatic imine (C=N–C) groups is 2. The van der Waals surface area contributed by atoms with Crippen molar-refractivity contribution in [1.29, 1.82) is 0 Å². The van der Waals surface area contributed by atoms with E-state index in [1.165, 1.54) is 83.4 Å². The molecule has 264 valence electrons. The summed E-state index contributed by atoms with van der Waals surface area (Å²) in [5, 5.41) is 27.1. The van der Waals surface area contributed by atoms with Gasteiger partial charge >= 0.3 is 12.2 Å². The number of carbonyl (C=O) groups is 2. The molecule has 0 radical (unpaired) electrons. The van der Waals surface area contributed by atoms with Gasteiger partial charge in [0.15, 0.2) is 0 Å². The number of carbonyl (C=O) groups excluding carboxylic acids is 2. The van der Waals surface area contributed by atoms with E-state index in [0.29, 0.717) is 40.5 Å². The van der Waals surface area contributed by atoms with Crippen molar-refractivity contribution in [2.24, 2.45) is 9.98 Å². The van der Waals surface area contributed by atoms with Crippen LogP contribution in [0.1, 0.15) is 0 Å². The van der Waals surface area contributed by atoms with Crippen molar-refractivity contribution in [2.75, 3.05) is 89.6 Å². The van der Waals surface area contributed by atoms with Gasteiger partial charge in [-0.1, -0.05) is 0 Å². The molecule has 0 rings (SSSR count). The Morgan fingerprint density at radius 3 is 1.42 bits per heavy atom. The number of aliphatic hydroxyl groups excluding tert-OH is 2. The van der Waals surface area contributed by atoms with Crippen LogP contribution in [0.25, 0.3) is 0 Å². The molecule has 25 heteroatoms. The average molecular weight is 847 g/mol. The van der Waals surface area contributed by atoms with Gasteiger partial charge in [-0.25, -0.2) is 19.6 Å². The quantitative estimate of drug-likeness (QED) is 0.0153. The number of nitrogens with one attached hydrogen (secondary N) is 2. The van der Waals surface area contributed by atoms with Gasteiger partial charge in [-0.15, -0.1) is 129 Å². The molecular weight excluding hydrogens is 809 g/mol. The van der Waals surface area contributed by atoms with Crippen molar-refractivity contribution in [3.05, 3.63) is 0 Å². The van der Waals surface area contributed by atoms with E-state index in [2.05, 4.69) is 20.6 Å². The van der Waals surface area contributed by atoms with Crippen molar-refractivity contribution in [3.8, 4) is 0 Å². The fourth-order valence-electron chi connectivity index (χ4n) is 1.68. The van der Waals surface area contributed by atoms with Crippen LogP contribution in [0, 0.1) is 0 Å². The molecule has 14 nitrogen and oxygen atoms in total. The molecule has 0 aliphatic carbocycles. The van der Waals surface area contributed by atoms with Crippen molar-refractivity contribution in [2.45, 2.75) is 0 Å². The maximum atomic E-state index is 11.7. The lowest BCUT2D eigenvalue weighted by Gasteiger charge is -2.06. The summed E-state index contributed by atoms with van der Waals surface area (Å²) in [6, 6.07) is 0. The zero-order valence-electron chi connectivity index (χ0n) is 24.0. The Kier molecular flexibility index (Phi) is 42.4. The summed E-state index contributed by atoms with van der Waals surface area (Å²) in [5.41, 5.74) is 0. The first-order chi connectivity index (χ1) is 22.2. The Bertz CT molecular complexity index is 730. The molecule has 4 N–H and O–H groups in total. The SMILES string of the molecule is O=C(NCSCSCN=COOCSCSCSCNC(=O)OCSCSCN=COOCSCSCO)OCSCSCO. The Morgan fingerprint density at radius 1 is 0.533 bits per heavy atom. The molecular formula is C20H38N4O10S11. The lowest BCUT2D eigenvalue weighted by atomic mass is 11.1. The minimum atomic E-state index is -0.459. The fraction of sp³-hybridized carbons (Fsp3) is 0.800. The van der Waals surface area contributed by atoms with E-state index in [-0.39, 0.29) is 23.8 Å². The molecule has 0 atom stereocenters. The highest BCUT2D eigenvalue weighted by Gasteiger charge is 2.02. The second-order valence-corrected chi connectivity index (χ2v) is 19.2. The first kappa shape index (κ1) is 46.2. The van der Waals surface area contributed by atoms with Crippen LogP contribution < -0.4 is 10.6 Å². The molecule has 0 aliphatic rings. The number of hydrogen-bond acceptors (Lipinski definition) is 23. The summed E-state index contributed by atoms with van der Waals surface area (Å²) in [6.07, 6.45) is 1.60. The molecule has 45 heavy (non-hydrogen) atoms. The van der Waals surface area contributed by atoms with Gasteiger partial charge in [0, 0.05) is 30.5 Å². The highest BCUT2D eigenvalue weighted by Crippen LogP contribution is 2.18. The van der Waals surface area contributed by atoms with Gasteiger partial charge in [0.2, 0.25) is 12.8 Å². The topological polar surface area (TPSA) is 179 Å². The summed E-state index contributed by atoms with van der Waals surface area (Å²) in [6.45, 7) is 0. The van der Waals surface area contributed by atoms with Gasteiger partial charge in [-0.3, -0.25) is 0 Å². The summed E-state index contributed by atoms with van der Waals surface area (Å²) in [4.78, 5) is 50.8. The molecule has 0 aromatic heterocycles. The number of aliphatic hydroxyl groups is 2. The summed E-state index contributed by atoms with van der Waals surface area (Å²) >= 11 is 16.6. The first-order valence-corrected chi connectivity index (χ1v) is 24.8. The maximum Gasteiger partial charge on any atom is 0.408 e. The summed E-state index contributed by atoms with van der Waals surface area (Å²) in [7, 11) is 0. The van der Waals surface area contributed by atoms with Gasteiger partial charge in [0.05, 0.1) is 35.4 Å². The van der Waals surface area contributed by atoms with Gasteiger partial charge < -0.3 is 40.1 Å². The number of hydrogen-bond donors (Lipinski definition) is 4. The van der Waals surface area contributed by atoms with Crippen molar-refractivity contribution < 1.29 is 48.8 Å². The number of nitrogens with zero attached hydrogens (tertiary/aromatic N) is 2. The smallest absolute Gasteiger partial charge is 0.408 e. The molecule has 0 spiro atoms. The zero-order valence-corrected chi connectivity index (χ0v) is 33.0. The van der Waals surface area contributed by atoms with Crippen LogP contribution in [0.5, 0.6) is 0 Å². The third-order valence-electron chi connectivity index (χ3n) is 3.33. The van der Waals surface area contributed by atoms with Crippen LogP contribution in [-0.4, -0.2) is 125 Å². The molecule has 0 saturated carbocycles. The maximum absolute atomic E-state index is 11.7. The molecule has 2 amide bonds. The fourth-order valence-corrected chi connectivity index (χ4v) is 9.74. The van der Waals surface area contributed by atoms with Crippen LogP contribution in [0.15, 0.2) is 9.98 Å². The molecule has 0 aromatic rings. The normalized spacial score (nSPS) is 11.2. The van der Waals surface area contributed by atoms with Crippen LogP contribution in [0.2, 0.25) is 0 Å². The average Bonchev–Trinajstić information content (AvgIpc) is 3.04. The van der Waals surface area contributed by atoms with Crippen LogP contribution in [0.4, 0.5) is 9.59 Å². The van der Waals surface area contributed by atoms with Crippen LogP contribution >= 0.6 is 129 Å². The molecule has 0 aromatic carbocycles. The zero-order chi connectivity index (χ0) is 32.7. The second-order valence-electron chi connectivity index (χ2n) is 6.45. The largest absolute Gasteiger partial charge is 0.438 e. The summed E-state index contributed by atoms with van der Waals surface area (Å²) < 4.78 is 10.1. The molecule has 0 fully saturated rings. The van der Waals surface area contributed by atoms with E-state index >= 15 is 0 Å². The number of rotatable bonds is 34. The van der Waals surface area contributed by atoms with Crippen molar-refractivity contribution in [1.82, 2.24) is 10.6 Å². The lowest BCUT2D eigenvalue weighted by Crippen LogP contribution is -2.23. The number of ether oxygens (including phenoxy) is 2. The third-order valence-corrected chi connectivity index (χ3v) is 14.2. The lowest BCUT2D eigenvalue weighted by molar-refractivity contribution is -0.196. The molecule has 0 bridgehead atoms. The molecule has 0 heterocycles. The van der Waals surface area contributed by atoms with Crippen molar-refractivity contribution >= 4 is 154 Å². The van der Waals surface area contributed by atoms with Crippen LogP contribution in [-0.2, 0) is 29.0 Å². The minimum absolute atomic E-state index is 0.0569. The number of thioether (sulfide) groups is 11. The van der Waals surface area contributed by atoms with Gasteiger partial charge in [-0.05, 0) is 0 Å². The van der Waals surface area contributed by atoms with E-state index < -0.39 is 12.2 Å². The molecule has 0 saturated heterocycles. The minimum Gasteiger partial charge on any atom is -0.438 e. The van der Waals surface area contributed by atoms with E-state index in [9.17, 15) is 9.59 Å². The Labute approximate surface area is 310 Å². The van der Waals surface area contributed by atoms with Crippen molar-refractivity contribution in [3.63, 3.8) is 0 Å². The number of amides is 2. The van der Waals surface area contributed by atoms with Crippen LogP contribution in [0.3, 0.4) is 0 Å². The Hall–Kier alpha value is 1.17. The summed E-state index contributed by atoms with van der Waals surface area (Å²) in [5.74, 6) is 3.32. The Morgan fingerprint density at radius 2 is 0.933 bits per heavy atom. The second kappa shape index (κ2) is 41.3. The van der Waals surface area contributed by atoms with Gasteiger partial charge in [-0.2, -0.15) is 9.78 Å². The highest BCUT2D eigenvalue weighted by molar-refractivity contribution is 8.22. The first-order valence-electron chi connectivity index (χ1n) is 12.1. The van der Waals surface area contributed by atoms with E-state index in [1.807, 2.05) is 0 Å². The van der Waals surface area contributed by atoms with Gasteiger partial charge in [0.1, 0.15) is 23.8 Å². The predicted octanol–water partition coefficient (Wildman–Crippen LogP) is 5.76. The van der Waals surface area contributed by atoms with E-state index in [4.69, 9.17) is 39.2 Å². The molecule has 0 unspecified atom stereocenters. The standard InChI is InChI=1S/C20H38N4O10S11/c25-7-39-16-42-10-30-19(27)23-5-37-13-35-3-21-1-32-34-12-44-18-45-15-38-6-24-20(28)29-9-41-14-36-4-22-2-31-33-11-43-17-40-8-26/h1-2,25-26H,3-18H2,(H,23,27)(H,24,28).